The zero-order valence-electron chi connectivity index (χ0n) is 27.0. The van der Waals surface area contributed by atoms with Gasteiger partial charge in [-0.3, -0.25) is 4.98 Å². The van der Waals surface area contributed by atoms with E-state index in [-0.39, 0.29) is 5.41 Å². The Morgan fingerprint density at radius 1 is 0.380 bits per heavy atom. The third-order valence-electron chi connectivity index (χ3n) is 10.0. The number of benzene rings is 6. The van der Waals surface area contributed by atoms with Gasteiger partial charge in [0, 0.05) is 27.1 Å². The zero-order chi connectivity index (χ0) is 33.1. The lowest BCUT2D eigenvalue weighted by Gasteiger charge is -2.39. The lowest BCUT2D eigenvalue weighted by atomic mass is 9.67. The minimum absolute atomic E-state index is 0.377. The molecule has 0 saturated heterocycles. The van der Waals surface area contributed by atoms with Gasteiger partial charge >= 0.3 is 0 Å². The molecule has 0 saturated carbocycles. The molecular weight excluding hydrogens is 627 g/mol. The van der Waals surface area contributed by atoms with E-state index in [9.17, 15) is 0 Å². The molecule has 2 aromatic heterocycles. The fourth-order valence-electron chi connectivity index (χ4n) is 7.86. The molecule has 0 fully saturated rings. The smallest absolute Gasteiger partial charge is 0.160 e. The predicted octanol–water partition coefficient (Wildman–Crippen LogP) is 11.4. The summed E-state index contributed by atoms with van der Waals surface area (Å²) >= 11 is 1.87. The van der Waals surface area contributed by atoms with E-state index in [2.05, 4.69) is 132 Å². The third kappa shape index (κ3) is 4.42. The van der Waals surface area contributed by atoms with Crippen molar-refractivity contribution in [1.82, 2.24) is 15.0 Å². The fourth-order valence-corrected chi connectivity index (χ4v) is 9.09. The van der Waals surface area contributed by atoms with E-state index in [1.165, 1.54) is 43.2 Å². The predicted molar refractivity (Wildman–Crippen MR) is 203 cm³/mol. The van der Waals surface area contributed by atoms with Crippen molar-refractivity contribution in [3.63, 3.8) is 0 Å². The summed E-state index contributed by atoms with van der Waals surface area (Å²) in [6.07, 6.45) is 1.80. The molecule has 3 nitrogen and oxygen atoms in total. The maximum atomic E-state index is 5.08. The Morgan fingerprint density at radius 3 is 1.78 bits per heavy atom. The summed E-state index contributed by atoms with van der Waals surface area (Å²) < 4.78 is 0. The molecule has 1 spiro atoms. The molecule has 10 rings (SSSR count). The van der Waals surface area contributed by atoms with Gasteiger partial charge in [0.2, 0.25) is 0 Å². The first-order chi connectivity index (χ1) is 24.8. The molecule has 3 heterocycles. The Kier molecular flexibility index (Phi) is 6.64. The van der Waals surface area contributed by atoms with Gasteiger partial charge in [0.05, 0.1) is 22.5 Å². The minimum atomic E-state index is -0.377. The maximum absolute atomic E-state index is 5.08. The fraction of sp³-hybridized carbons (Fsp3) is 0.0217. The number of fused-ring (bicyclic) bond motifs is 9. The molecule has 0 atom stereocenters. The second-order valence-corrected chi connectivity index (χ2v) is 13.9. The molecule has 1 aliphatic carbocycles. The highest BCUT2D eigenvalue weighted by Crippen LogP contribution is 2.62. The molecule has 8 aromatic rings. The van der Waals surface area contributed by atoms with Gasteiger partial charge in [-0.25, -0.2) is 9.97 Å². The molecule has 0 N–H and O–H groups in total. The molecule has 50 heavy (non-hydrogen) atoms. The number of hydrogen-bond acceptors (Lipinski definition) is 4. The van der Waals surface area contributed by atoms with Crippen LogP contribution in [0.3, 0.4) is 0 Å². The first-order valence-corrected chi connectivity index (χ1v) is 17.7. The Labute approximate surface area is 295 Å². The van der Waals surface area contributed by atoms with E-state index in [1.807, 2.05) is 54.2 Å². The summed E-state index contributed by atoms with van der Waals surface area (Å²) in [5, 5.41) is 0. The first kappa shape index (κ1) is 28.9. The van der Waals surface area contributed by atoms with Gasteiger partial charge < -0.3 is 0 Å². The lowest BCUT2D eigenvalue weighted by Crippen LogP contribution is -2.31. The van der Waals surface area contributed by atoms with Crippen LogP contribution in [0.25, 0.3) is 56.3 Å². The zero-order valence-corrected chi connectivity index (χ0v) is 27.8. The molecule has 234 valence electrons. The summed E-state index contributed by atoms with van der Waals surface area (Å²) in [5.41, 5.74) is 14.4. The van der Waals surface area contributed by atoms with Gasteiger partial charge in [-0.1, -0.05) is 145 Å². The van der Waals surface area contributed by atoms with Crippen LogP contribution in [0.5, 0.6) is 0 Å². The highest BCUT2D eigenvalue weighted by molar-refractivity contribution is 7.99. The van der Waals surface area contributed by atoms with Gasteiger partial charge in [-0.05, 0) is 80.9 Å². The Morgan fingerprint density at radius 2 is 1.00 bits per heavy atom. The molecule has 0 radical (unpaired) electrons. The van der Waals surface area contributed by atoms with Crippen molar-refractivity contribution < 1.29 is 0 Å². The standard InChI is InChI=1S/C46H29N3S/c1-2-13-30(14-3-1)41-29-42(40-22-10-11-26-47-40)49-45(48-41)33-16-12-15-31(27-33)32-24-25-39-44(28-32)50-43-23-9-8-21-38(43)46(39)36-19-6-4-17-34(36)35-18-5-7-20-37(35)46/h1-29H. The maximum Gasteiger partial charge on any atom is 0.160 e. The van der Waals surface area contributed by atoms with Crippen molar-refractivity contribution in [2.24, 2.45) is 0 Å². The van der Waals surface area contributed by atoms with E-state index < -0.39 is 0 Å². The molecule has 0 unspecified atom stereocenters. The van der Waals surface area contributed by atoms with E-state index in [1.54, 1.807) is 6.20 Å². The van der Waals surface area contributed by atoms with Gasteiger partial charge in [0.15, 0.2) is 5.82 Å². The van der Waals surface area contributed by atoms with E-state index in [4.69, 9.17) is 9.97 Å². The van der Waals surface area contributed by atoms with Crippen LogP contribution in [0.1, 0.15) is 22.3 Å². The highest BCUT2D eigenvalue weighted by atomic mass is 32.2. The van der Waals surface area contributed by atoms with E-state index >= 15 is 0 Å². The molecule has 0 bridgehead atoms. The van der Waals surface area contributed by atoms with Crippen LogP contribution in [0.2, 0.25) is 0 Å². The van der Waals surface area contributed by atoms with Crippen molar-refractivity contribution >= 4 is 11.8 Å². The molecule has 4 heteroatoms. The molecular formula is C46H29N3S. The summed E-state index contributed by atoms with van der Waals surface area (Å²) in [7, 11) is 0. The average Bonchev–Trinajstić information content (AvgIpc) is 3.49. The number of pyridine rings is 1. The van der Waals surface area contributed by atoms with E-state index in [0.717, 1.165) is 39.3 Å². The summed E-state index contributed by atoms with van der Waals surface area (Å²) in [6.45, 7) is 0. The average molecular weight is 656 g/mol. The van der Waals surface area contributed by atoms with Gasteiger partial charge in [0.25, 0.3) is 0 Å². The van der Waals surface area contributed by atoms with Gasteiger partial charge in [-0.2, -0.15) is 0 Å². The molecule has 1 aliphatic heterocycles. The van der Waals surface area contributed by atoms with Crippen LogP contribution in [0.15, 0.2) is 186 Å². The Balaban J connectivity index is 1.12. The van der Waals surface area contributed by atoms with Gasteiger partial charge in [0.1, 0.15) is 0 Å². The van der Waals surface area contributed by atoms with Crippen LogP contribution in [-0.2, 0) is 5.41 Å². The second-order valence-electron chi connectivity index (χ2n) is 12.8. The van der Waals surface area contributed by atoms with Crippen LogP contribution in [0, 0.1) is 0 Å². The lowest BCUT2D eigenvalue weighted by molar-refractivity contribution is 0.722. The molecule has 2 aliphatic rings. The summed E-state index contributed by atoms with van der Waals surface area (Å²) in [6, 6.07) is 60.7. The number of nitrogens with zero attached hydrogens (tertiary/aromatic N) is 3. The number of aromatic nitrogens is 3. The van der Waals surface area contributed by atoms with Crippen molar-refractivity contribution in [2.45, 2.75) is 15.2 Å². The van der Waals surface area contributed by atoms with Crippen LogP contribution in [0.4, 0.5) is 0 Å². The van der Waals surface area contributed by atoms with Crippen LogP contribution in [-0.4, -0.2) is 15.0 Å². The van der Waals surface area contributed by atoms with Crippen molar-refractivity contribution in [1.29, 1.82) is 0 Å². The first-order valence-electron chi connectivity index (χ1n) is 16.9. The van der Waals surface area contributed by atoms with E-state index in [0.29, 0.717) is 5.82 Å². The van der Waals surface area contributed by atoms with Gasteiger partial charge in [-0.15, -0.1) is 0 Å². The monoisotopic (exact) mass is 655 g/mol. The summed E-state index contributed by atoms with van der Waals surface area (Å²) in [4.78, 5) is 17.3. The van der Waals surface area contributed by atoms with Crippen molar-refractivity contribution in [3.05, 3.63) is 198 Å². The quantitative estimate of drug-likeness (QED) is 0.189. The largest absolute Gasteiger partial charge is 0.255 e. The van der Waals surface area contributed by atoms with Crippen LogP contribution >= 0.6 is 11.8 Å². The topological polar surface area (TPSA) is 38.7 Å². The minimum Gasteiger partial charge on any atom is -0.255 e. The third-order valence-corrected chi connectivity index (χ3v) is 11.2. The number of rotatable bonds is 4. The highest BCUT2D eigenvalue weighted by Gasteiger charge is 2.49. The van der Waals surface area contributed by atoms with Crippen LogP contribution < -0.4 is 0 Å². The number of hydrogen-bond donors (Lipinski definition) is 0. The molecule has 6 aromatic carbocycles. The Hall–Kier alpha value is -6.10. The second kappa shape index (κ2) is 11.5. The SMILES string of the molecule is c1ccc(-c2cc(-c3ccccn3)nc(-c3cccc(-c4ccc5c(c4)Sc4ccccc4C54c5ccccc5-c5ccccc54)c3)n2)cc1. The normalized spacial score (nSPS) is 13.3. The molecule has 0 amide bonds. The van der Waals surface area contributed by atoms with Crippen molar-refractivity contribution in [3.8, 4) is 56.3 Å². The van der Waals surface area contributed by atoms with Crippen molar-refractivity contribution in [2.75, 3.05) is 0 Å². The Bertz CT molecular complexity index is 2480. The summed E-state index contributed by atoms with van der Waals surface area (Å²) in [5.74, 6) is 0.674.